The largest absolute Gasteiger partial charge is 0.495 e. The number of carbonyl (C=O) groups excluding carboxylic acids is 1. The molecule has 2 aromatic rings. The number of nitrogens with one attached hydrogen (secondary N) is 1. The molecule has 0 heterocycles. The Kier molecular flexibility index (Phi) is 5.95. The molecule has 0 amide bonds. The van der Waals surface area contributed by atoms with Gasteiger partial charge in [-0.3, -0.25) is 4.79 Å². The third-order valence-electron chi connectivity index (χ3n) is 3.90. The van der Waals surface area contributed by atoms with Crippen molar-refractivity contribution in [1.29, 1.82) is 5.41 Å². The number of rotatable bonds is 7. The number of carbonyl (C=O) groups is 1. The molecular formula is C19H22N2O3. The highest BCUT2D eigenvalue weighted by Gasteiger charge is 2.23. The molecule has 0 bridgehead atoms. The minimum Gasteiger partial charge on any atom is -0.495 e. The maximum absolute atomic E-state index is 12.1. The third kappa shape index (κ3) is 3.74. The van der Waals surface area contributed by atoms with Crippen LogP contribution in [0.3, 0.4) is 0 Å². The summed E-state index contributed by atoms with van der Waals surface area (Å²) in [4.78, 5) is 12.1. The van der Waals surface area contributed by atoms with E-state index in [1.807, 2.05) is 36.4 Å². The average molecular weight is 326 g/mol. The highest BCUT2D eigenvalue weighted by molar-refractivity contribution is 5.90. The monoisotopic (exact) mass is 326 g/mol. The van der Waals surface area contributed by atoms with Crippen LogP contribution in [0, 0.1) is 5.41 Å². The van der Waals surface area contributed by atoms with Gasteiger partial charge in [-0.2, -0.15) is 0 Å². The molecule has 2 aromatic carbocycles. The normalized spacial score (nSPS) is 11.6. The quantitative estimate of drug-likeness (QED) is 0.464. The molecule has 1 unspecified atom stereocenters. The Balaban J connectivity index is 2.53. The Hall–Kier alpha value is -2.82. The molecule has 3 N–H and O–H groups in total. The molecule has 0 radical (unpaired) electrons. The molecule has 1 atom stereocenters. The minimum absolute atomic E-state index is 0.185. The van der Waals surface area contributed by atoms with Gasteiger partial charge in [0.1, 0.15) is 5.75 Å². The van der Waals surface area contributed by atoms with Crippen LogP contribution in [0.5, 0.6) is 5.75 Å². The van der Waals surface area contributed by atoms with Crippen LogP contribution in [0.2, 0.25) is 0 Å². The topological polar surface area (TPSA) is 85.4 Å². The zero-order valence-electron chi connectivity index (χ0n) is 13.9. The molecule has 0 fully saturated rings. The van der Waals surface area contributed by atoms with Crippen LogP contribution in [-0.2, 0) is 9.53 Å². The first kappa shape index (κ1) is 17.5. The van der Waals surface area contributed by atoms with Gasteiger partial charge in [0.05, 0.1) is 25.8 Å². The summed E-state index contributed by atoms with van der Waals surface area (Å²) in [6.07, 6.45) is 1.39. The minimum atomic E-state index is -0.281. The van der Waals surface area contributed by atoms with Gasteiger partial charge in [-0.15, -0.1) is 0 Å². The van der Waals surface area contributed by atoms with Crippen LogP contribution < -0.4 is 10.5 Å². The van der Waals surface area contributed by atoms with E-state index in [9.17, 15) is 4.79 Å². The molecule has 0 spiro atoms. The van der Waals surface area contributed by atoms with E-state index in [-0.39, 0.29) is 18.3 Å². The lowest BCUT2D eigenvalue weighted by Crippen LogP contribution is -2.14. The number of ether oxygens (including phenoxy) is 2. The van der Waals surface area contributed by atoms with Gasteiger partial charge in [0, 0.05) is 17.7 Å². The summed E-state index contributed by atoms with van der Waals surface area (Å²) in [6.45, 7) is 2.12. The molecular weight excluding hydrogens is 304 g/mol. The van der Waals surface area contributed by atoms with Gasteiger partial charge in [0.15, 0.2) is 0 Å². The van der Waals surface area contributed by atoms with E-state index in [2.05, 4.69) is 0 Å². The molecule has 2 rings (SSSR count). The molecule has 0 aromatic heterocycles. The summed E-state index contributed by atoms with van der Waals surface area (Å²) in [5, 5.41) is 7.74. The van der Waals surface area contributed by atoms with E-state index >= 15 is 0 Å². The van der Waals surface area contributed by atoms with Gasteiger partial charge in [0.2, 0.25) is 0 Å². The molecule has 126 valence electrons. The van der Waals surface area contributed by atoms with E-state index in [0.29, 0.717) is 23.6 Å². The van der Waals surface area contributed by atoms with Crippen molar-refractivity contribution < 1.29 is 14.3 Å². The van der Waals surface area contributed by atoms with E-state index in [4.69, 9.17) is 20.6 Å². The van der Waals surface area contributed by atoms with Gasteiger partial charge in [-0.25, -0.2) is 0 Å². The first-order valence-corrected chi connectivity index (χ1v) is 7.79. The summed E-state index contributed by atoms with van der Waals surface area (Å²) >= 11 is 0. The Bertz CT molecular complexity index is 714. The molecule has 0 aliphatic rings. The van der Waals surface area contributed by atoms with Crippen molar-refractivity contribution >= 4 is 17.9 Å². The van der Waals surface area contributed by atoms with Crippen molar-refractivity contribution in [3.05, 3.63) is 59.2 Å². The summed E-state index contributed by atoms with van der Waals surface area (Å²) in [5.41, 5.74) is 8.86. The number of esters is 1. The summed E-state index contributed by atoms with van der Waals surface area (Å²) in [6, 6.07) is 13.3. The van der Waals surface area contributed by atoms with E-state index < -0.39 is 0 Å². The van der Waals surface area contributed by atoms with Crippen molar-refractivity contribution in [2.75, 3.05) is 19.5 Å². The lowest BCUT2D eigenvalue weighted by atomic mass is 9.85. The van der Waals surface area contributed by atoms with Gasteiger partial charge in [-0.1, -0.05) is 36.4 Å². The maximum Gasteiger partial charge on any atom is 0.306 e. The molecule has 0 saturated carbocycles. The Morgan fingerprint density at radius 3 is 2.54 bits per heavy atom. The Morgan fingerprint density at radius 2 is 1.96 bits per heavy atom. The van der Waals surface area contributed by atoms with Gasteiger partial charge in [-0.05, 0) is 24.1 Å². The van der Waals surface area contributed by atoms with Crippen LogP contribution in [0.25, 0.3) is 0 Å². The fourth-order valence-electron chi connectivity index (χ4n) is 2.76. The number of methoxy groups -OCH3 is 1. The summed E-state index contributed by atoms with van der Waals surface area (Å²) in [7, 11) is 1.53. The summed E-state index contributed by atoms with van der Waals surface area (Å²) < 4.78 is 10.3. The molecule has 0 aliphatic heterocycles. The van der Waals surface area contributed by atoms with E-state index in [1.165, 1.54) is 13.3 Å². The molecule has 0 saturated heterocycles. The van der Waals surface area contributed by atoms with Gasteiger partial charge in [0.25, 0.3) is 0 Å². The number of hydrogen-bond acceptors (Lipinski definition) is 5. The van der Waals surface area contributed by atoms with Crippen molar-refractivity contribution in [3.8, 4) is 5.75 Å². The van der Waals surface area contributed by atoms with Crippen molar-refractivity contribution in [2.24, 2.45) is 0 Å². The first-order chi connectivity index (χ1) is 11.6. The maximum atomic E-state index is 12.1. The smallest absolute Gasteiger partial charge is 0.306 e. The number of hydrogen-bond donors (Lipinski definition) is 2. The summed E-state index contributed by atoms with van der Waals surface area (Å²) in [5.74, 6) is -0.00748. The van der Waals surface area contributed by atoms with Crippen LogP contribution in [-0.4, -0.2) is 25.9 Å². The van der Waals surface area contributed by atoms with Crippen LogP contribution in [0.4, 0.5) is 5.69 Å². The predicted molar refractivity (Wildman–Crippen MR) is 94.8 cm³/mol. The highest BCUT2D eigenvalue weighted by Crippen LogP contribution is 2.36. The molecule has 5 nitrogen and oxygen atoms in total. The second kappa shape index (κ2) is 8.15. The average Bonchev–Trinajstić information content (AvgIpc) is 2.60. The SMILES string of the molecule is CCOC(=O)CC(c1ccccc1)c1ccc(OC)c(N)c1C=N. The fourth-order valence-corrected chi connectivity index (χ4v) is 2.76. The standard InChI is InChI=1S/C19H22N2O3/c1-3-24-18(22)11-15(13-7-5-4-6-8-13)14-9-10-17(23-2)19(21)16(14)12-20/h4-10,12,15,20H,3,11,21H2,1-2H3. The van der Waals surface area contributed by atoms with E-state index in [0.717, 1.165) is 11.1 Å². The second-order valence-corrected chi connectivity index (χ2v) is 5.30. The van der Waals surface area contributed by atoms with Crippen molar-refractivity contribution in [3.63, 3.8) is 0 Å². The zero-order chi connectivity index (χ0) is 17.5. The molecule has 24 heavy (non-hydrogen) atoms. The number of anilines is 1. The third-order valence-corrected chi connectivity index (χ3v) is 3.90. The lowest BCUT2D eigenvalue weighted by molar-refractivity contribution is -0.143. The van der Waals surface area contributed by atoms with Crippen LogP contribution >= 0.6 is 0 Å². The van der Waals surface area contributed by atoms with Crippen molar-refractivity contribution in [1.82, 2.24) is 0 Å². The Labute approximate surface area is 141 Å². The lowest BCUT2D eigenvalue weighted by Gasteiger charge is -2.21. The predicted octanol–water partition coefficient (Wildman–Crippen LogP) is 3.36. The number of benzene rings is 2. The van der Waals surface area contributed by atoms with Gasteiger partial charge >= 0.3 is 5.97 Å². The number of nitrogens with two attached hydrogens (primary N) is 1. The highest BCUT2D eigenvalue weighted by atomic mass is 16.5. The second-order valence-electron chi connectivity index (χ2n) is 5.30. The number of nitrogen functional groups attached to an aromatic ring is 1. The fraction of sp³-hybridized carbons (Fsp3) is 0.263. The van der Waals surface area contributed by atoms with Crippen molar-refractivity contribution in [2.45, 2.75) is 19.3 Å². The van der Waals surface area contributed by atoms with E-state index in [1.54, 1.807) is 13.0 Å². The Morgan fingerprint density at radius 1 is 1.25 bits per heavy atom. The molecule has 5 heteroatoms. The van der Waals surface area contributed by atoms with Crippen LogP contribution in [0.15, 0.2) is 42.5 Å². The first-order valence-electron chi connectivity index (χ1n) is 7.79. The molecule has 0 aliphatic carbocycles. The van der Waals surface area contributed by atoms with Gasteiger partial charge < -0.3 is 20.6 Å². The van der Waals surface area contributed by atoms with Crippen LogP contribution in [0.1, 0.15) is 36.0 Å². The zero-order valence-corrected chi connectivity index (χ0v) is 13.9.